The average molecular weight is 518 g/mol. The quantitative estimate of drug-likeness (QED) is 0.268. The lowest BCUT2D eigenvalue weighted by Crippen LogP contribution is -2.74. The van der Waals surface area contributed by atoms with Crippen molar-refractivity contribution in [2.75, 3.05) is 0 Å². The van der Waals surface area contributed by atoms with E-state index in [0.29, 0.717) is 0 Å². The number of hydrogen-bond donors (Lipinski definition) is 1. The minimum Gasteiger partial charge on any atom is -0.478 e. The van der Waals surface area contributed by atoms with Crippen LogP contribution in [0.5, 0.6) is 0 Å². The lowest BCUT2D eigenvalue weighted by molar-refractivity contribution is -0.461. The van der Waals surface area contributed by atoms with E-state index in [1.165, 1.54) is 0 Å². The highest BCUT2D eigenvalue weighted by Crippen LogP contribution is 2.64. The van der Waals surface area contributed by atoms with E-state index >= 15 is 0 Å². The van der Waals surface area contributed by atoms with E-state index in [1.54, 1.807) is 0 Å². The van der Waals surface area contributed by atoms with Gasteiger partial charge in [-0.2, -0.15) is 74.6 Å². The fourth-order valence-electron chi connectivity index (χ4n) is 1.77. The predicted octanol–water partition coefficient (Wildman–Crippen LogP) is 6.42. The second kappa shape index (κ2) is 7.81. The van der Waals surface area contributed by atoms with Gasteiger partial charge in [-0.15, -0.1) is 0 Å². The van der Waals surface area contributed by atoms with E-state index in [9.17, 15) is 79.4 Å². The Labute approximate surface area is 164 Å². The minimum atomic E-state index is -8.69. The molecule has 0 radical (unpaired) electrons. The Morgan fingerprint density at radius 1 is 0.562 bits per heavy atom. The molecular weight excluding hydrogens is 511 g/mol. The summed E-state index contributed by atoms with van der Waals surface area (Å²) in [6.45, 7) is 2.45. The summed E-state index contributed by atoms with van der Waals surface area (Å²) >= 11 is 0. The molecule has 0 atom stereocenters. The summed E-state index contributed by atoms with van der Waals surface area (Å²) in [5.74, 6) is -59.1. The van der Waals surface area contributed by atoms with Crippen LogP contribution in [0.4, 0.5) is 74.6 Å². The van der Waals surface area contributed by atoms with Gasteiger partial charge in [-0.25, -0.2) is 4.79 Å². The molecule has 0 amide bonds. The molecule has 0 aromatic heterocycles. The van der Waals surface area contributed by atoms with Gasteiger partial charge >= 0.3 is 53.6 Å². The molecule has 1 N–H and O–H groups in total. The molecule has 19 heteroatoms. The SMILES string of the molecule is C=C(CCC(F)(F)C(F)(F)C(F)(F)C(F)(F)C(F)(F)C(F)(F)C(F)(F)C(F)(F)F)C(=O)O. The molecule has 2 nitrogen and oxygen atoms in total. The standard InChI is InChI=1S/C13H7F17O2/c1-4(5(31)32)2-3-6(14,15)7(16,17)8(18,19)9(20,21)10(22,23)11(24,25)12(26,27)13(28,29)30/h1-3H2,(H,31,32). The molecule has 0 saturated heterocycles. The van der Waals surface area contributed by atoms with Crippen LogP contribution < -0.4 is 0 Å². The van der Waals surface area contributed by atoms with Gasteiger partial charge in [0.25, 0.3) is 0 Å². The first-order chi connectivity index (χ1) is 13.6. The highest BCUT2D eigenvalue weighted by Gasteiger charge is 2.95. The van der Waals surface area contributed by atoms with Crippen LogP contribution in [0.15, 0.2) is 12.2 Å². The van der Waals surface area contributed by atoms with Crippen molar-refractivity contribution in [3.05, 3.63) is 12.2 Å². The van der Waals surface area contributed by atoms with Crippen molar-refractivity contribution in [1.29, 1.82) is 0 Å². The molecule has 0 bridgehead atoms. The van der Waals surface area contributed by atoms with Gasteiger partial charge in [0.15, 0.2) is 0 Å². The maximum atomic E-state index is 13.4. The third kappa shape index (κ3) is 4.06. The Bertz CT molecular complexity index is 733. The number of carbonyl (C=O) groups is 1. The summed E-state index contributed by atoms with van der Waals surface area (Å²) in [5, 5.41) is 8.26. The summed E-state index contributed by atoms with van der Waals surface area (Å²) in [7, 11) is 0. The van der Waals surface area contributed by atoms with E-state index in [-0.39, 0.29) is 0 Å². The second-order valence-corrected chi connectivity index (χ2v) is 6.06. The smallest absolute Gasteiger partial charge is 0.460 e. The van der Waals surface area contributed by atoms with Crippen LogP contribution in [0.2, 0.25) is 0 Å². The number of halogens is 17. The molecule has 0 aliphatic rings. The zero-order chi connectivity index (χ0) is 26.6. The molecule has 0 aromatic rings. The Kier molecular flexibility index (Phi) is 7.32. The first-order valence-electron chi connectivity index (χ1n) is 7.20. The molecule has 0 spiro atoms. The normalized spacial score (nSPS) is 15.7. The number of rotatable bonds is 10. The van der Waals surface area contributed by atoms with E-state index in [1.807, 2.05) is 0 Å². The monoisotopic (exact) mass is 518 g/mol. The third-order valence-electron chi connectivity index (χ3n) is 3.83. The van der Waals surface area contributed by atoms with Gasteiger partial charge in [0.05, 0.1) is 0 Å². The summed E-state index contributed by atoms with van der Waals surface area (Å²) in [5.41, 5.74) is -1.43. The Hall–Kier alpha value is -1.98. The van der Waals surface area contributed by atoms with Crippen molar-refractivity contribution in [2.45, 2.75) is 60.5 Å². The van der Waals surface area contributed by atoms with E-state index in [0.717, 1.165) is 0 Å². The predicted molar refractivity (Wildman–Crippen MR) is 66.7 cm³/mol. The molecule has 190 valence electrons. The molecule has 32 heavy (non-hydrogen) atoms. The zero-order valence-electron chi connectivity index (χ0n) is 14.4. The van der Waals surface area contributed by atoms with Crippen molar-refractivity contribution >= 4 is 5.97 Å². The summed E-state index contributed by atoms with van der Waals surface area (Å²) in [6, 6.07) is 0. The van der Waals surface area contributed by atoms with Crippen LogP contribution in [0.3, 0.4) is 0 Å². The Morgan fingerprint density at radius 3 is 1.12 bits per heavy atom. The number of hydrogen-bond acceptors (Lipinski definition) is 1. The molecule has 0 fully saturated rings. The van der Waals surface area contributed by atoms with Crippen molar-refractivity contribution < 1.29 is 84.5 Å². The molecule has 0 saturated carbocycles. The van der Waals surface area contributed by atoms with Gasteiger partial charge in [-0.3, -0.25) is 0 Å². The van der Waals surface area contributed by atoms with Gasteiger partial charge in [-0.05, 0) is 6.42 Å². The van der Waals surface area contributed by atoms with Crippen molar-refractivity contribution in [3.8, 4) is 0 Å². The first kappa shape index (κ1) is 30.0. The summed E-state index contributed by atoms with van der Waals surface area (Å²) < 4.78 is 220. The Balaban J connectivity index is 6.53. The maximum Gasteiger partial charge on any atom is 0.460 e. The third-order valence-corrected chi connectivity index (χ3v) is 3.83. The fraction of sp³-hybridized carbons (Fsp3) is 0.769. The van der Waals surface area contributed by atoms with Gasteiger partial charge < -0.3 is 5.11 Å². The molecule has 0 aliphatic heterocycles. The minimum absolute atomic E-state index is 1.43. The highest BCUT2D eigenvalue weighted by molar-refractivity contribution is 5.85. The summed E-state index contributed by atoms with van der Waals surface area (Å²) in [6.07, 6.45) is -12.6. The first-order valence-corrected chi connectivity index (χ1v) is 7.20. The van der Waals surface area contributed by atoms with E-state index < -0.39 is 72.0 Å². The lowest BCUT2D eigenvalue weighted by Gasteiger charge is -2.42. The second-order valence-electron chi connectivity index (χ2n) is 6.06. The highest BCUT2D eigenvalue weighted by atomic mass is 19.4. The van der Waals surface area contributed by atoms with Crippen molar-refractivity contribution in [2.24, 2.45) is 0 Å². The number of carboxylic acids is 1. The number of alkyl halides is 17. The lowest BCUT2D eigenvalue weighted by atomic mass is 9.87. The zero-order valence-corrected chi connectivity index (χ0v) is 14.4. The molecule has 0 unspecified atom stereocenters. The van der Waals surface area contributed by atoms with Crippen LogP contribution in [0.25, 0.3) is 0 Å². The van der Waals surface area contributed by atoms with Gasteiger partial charge in [0.1, 0.15) is 0 Å². The molecule has 0 aromatic carbocycles. The molecule has 0 aliphatic carbocycles. The van der Waals surface area contributed by atoms with Crippen LogP contribution >= 0.6 is 0 Å². The number of carboxylic acid groups (broad SMARTS) is 1. The van der Waals surface area contributed by atoms with E-state index in [2.05, 4.69) is 6.58 Å². The van der Waals surface area contributed by atoms with E-state index in [4.69, 9.17) is 5.11 Å². The average Bonchev–Trinajstić information content (AvgIpc) is 2.57. The van der Waals surface area contributed by atoms with Crippen LogP contribution in [0.1, 0.15) is 12.8 Å². The van der Waals surface area contributed by atoms with Crippen LogP contribution in [-0.4, -0.2) is 58.7 Å². The topological polar surface area (TPSA) is 37.3 Å². The fourth-order valence-corrected chi connectivity index (χ4v) is 1.77. The summed E-state index contributed by atoms with van der Waals surface area (Å²) in [4.78, 5) is 10.3. The van der Waals surface area contributed by atoms with Gasteiger partial charge in [0, 0.05) is 12.0 Å². The molecule has 0 rings (SSSR count). The van der Waals surface area contributed by atoms with Crippen LogP contribution in [0, 0.1) is 0 Å². The van der Waals surface area contributed by atoms with Crippen molar-refractivity contribution in [3.63, 3.8) is 0 Å². The number of aliphatic carboxylic acids is 1. The van der Waals surface area contributed by atoms with Crippen molar-refractivity contribution in [1.82, 2.24) is 0 Å². The van der Waals surface area contributed by atoms with Crippen LogP contribution in [-0.2, 0) is 4.79 Å². The maximum absolute atomic E-state index is 13.4. The molecular formula is C13H7F17O2. The van der Waals surface area contributed by atoms with Gasteiger partial charge in [-0.1, -0.05) is 6.58 Å². The Morgan fingerprint density at radius 2 is 0.844 bits per heavy atom. The largest absolute Gasteiger partial charge is 0.478 e. The molecule has 0 heterocycles. The van der Waals surface area contributed by atoms with Gasteiger partial charge in [0.2, 0.25) is 0 Å².